The van der Waals surface area contributed by atoms with Gasteiger partial charge in [0.05, 0.1) is 4.34 Å². The summed E-state index contributed by atoms with van der Waals surface area (Å²) in [5.41, 5.74) is 1.48. The third-order valence-corrected chi connectivity index (χ3v) is 5.06. The Morgan fingerprint density at radius 3 is 3.00 bits per heavy atom. The normalized spacial score (nSPS) is 25.3. The lowest BCUT2D eigenvalue weighted by atomic mass is 9.85. The van der Waals surface area contributed by atoms with Crippen LogP contribution in [0.25, 0.3) is 0 Å². The van der Waals surface area contributed by atoms with E-state index in [0.717, 1.165) is 10.3 Å². The van der Waals surface area contributed by atoms with Gasteiger partial charge in [-0.2, -0.15) is 0 Å². The van der Waals surface area contributed by atoms with Gasteiger partial charge in [0.2, 0.25) is 0 Å². The second-order valence-corrected chi connectivity index (χ2v) is 6.49. The minimum absolute atomic E-state index is 0.587. The largest absolute Gasteiger partial charge is 0.310 e. The molecule has 0 bridgehead atoms. The zero-order chi connectivity index (χ0) is 10.3. The van der Waals surface area contributed by atoms with Crippen LogP contribution >= 0.6 is 22.9 Å². The summed E-state index contributed by atoms with van der Waals surface area (Å²) in [7, 11) is 0. The number of rotatable bonds is 3. The Labute approximate surface area is 99.8 Å². The molecule has 2 aliphatic rings. The van der Waals surface area contributed by atoms with Crippen LogP contribution in [0.2, 0.25) is 4.34 Å². The Kier molecular flexibility index (Phi) is 2.75. The number of thiophene rings is 1. The fourth-order valence-corrected chi connectivity index (χ4v) is 3.91. The number of hydrogen-bond donors (Lipinski definition) is 1. The number of aryl methyl sites for hydroxylation is 1. The molecule has 82 valence electrons. The molecule has 15 heavy (non-hydrogen) atoms. The molecule has 0 amide bonds. The van der Waals surface area contributed by atoms with Crippen LogP contribution in [0.15, 0.2) is 6.07 Å². The summed E-state index contributed by atoms with van der Waals surface area (Å²) in [5.74, 6) is 0.947. The standard InChI is InChI=1S/C12H16ClNS/c13-12-6-9-10(4-5-11(9)15-12)14-7-8-2-1-3-8/h6,8,10,14H,1-5,7H2. The lowest BCUT2D eigenvalue weighted by molar-refractivity contribution is 0.289. The maximum Gasteiger partial charge on any atom is 0.0934 e. The molecule has 0 radical (unpaired) electrons. The van der Waals surface area contributed by atoms with Crippen LogP contribution in [-0.4, -0.2) is 6.54 Å². The highest BCUT2D eigenvalue weighted by molar-refractivity contribution is 7.16. The number of hydrogen-bond acceptors (Lipinski definition) is 2. The first kappa shape index (κ1) is 10.1. The first-order valence-corrected chi connectivity index (χ1v) is 7.04. The second kappa shape index (κ2) is 4.08. The van der Waals surface area contributed by atoms with Gasteiger partial charge in [0.15, 0.2) is 0 Å². The average molecular weight is 242 g/mol. The molecule has 0 aliphatic heterocycles. The molecule has 1 fully saturated rings. The zero-order valence-corrected chi connectivity index (χ0v) is 10.3. The van der Waals surface area contributed by atoms with Crippen LogP contribution in [0, 0.1) is 5.92 Å². The Hall–Kier alpha value is -0.0500. The summed E-state index contributed by atoms with van der Waals surface area (Å²) in [4.78, 5) is 1.51. The van der Waals surface area contributed by atoms with Crippen LogP contribution in [-0.2, 0) is 6.42 Å². The van der Waals surface area contributed by atoms with E-state index in [1.54, 1.807) is 11.3 Å². The van der Waals surface area contributed by atoms with Crippen molar-refractivity contribution in [3.8, 4) is 0 Å². The van der Waals surface area contributed by atoms with E-state index in [4.69, 9.17) is 11.6 Å². The summed E-state index contributed by atoms with van der Waals surface area (Å²) < 4.78 is 0.954. The third kappa shape index (κ3) is 1.95. The van der Waals surface area contributed by atoms with Crippen molar-refractivity contribution in [1.29, 1.82) is 0 Å². The Morgan fingerprint density at radius 1 is 1.40 bits per heavy atom. The predicted octanol–water partition coefficient (Wildman–Crippen LogP) is 3.78. The van der Waals surface area contributed by atoms with Gasteiger partial charge in [-0.25, -0.2) is 0 Å². The third-order valence-electron chi connectivity index (χ3n) is 3.72. The minimum Gasteiger partial charge on any atom is -0.310 e. The van der Waals surface area contributed by atoms with E-state index in [2.05, 4.69) is 11.4 Å². The molecule has 1 heterocycles. The second-order valence-electron chi connectivity index (χ2n) is 4.73. The molecule has 1 aromatic heterocycles. The molecule has 2 aliphatic carbocycles. The van der Waals surface area contributed by atoms with E-state index in [1.165, 1.54) is 49.1 Å². The summed E-state index contributed by atoms with van der Waals surface area (Å²) >= 11 is 7.80. The molecule has 1 aromatic rings. The lowest BCUT2D eigenvalue weighted by Crippen LogP contribution is -2.29. The summed E-state index contributed by atoms with van der Waals surface area (Å²) in [5, 5.41) is 3.70. The van der Waals surface area contributed by atoms with Crippen molar-refractivity contribution in [2.24, 2.45) is 5.92 Å². The first-order chi connectivity index (χ1) is 7.33. The Morgan fingerprint density at radius 2 is 2.27 bits per heavy atom. The predicted molar refractivity (Wildman–Crippen MR) is 65.7 cm³/mol. The number of fused-ring (bicyclic) bond motifs is 1. The summed E-state index contributed by atoms with van der Waals surface area (Å²) in [6, 6.07) is 2.75. The molecule has 1 atom stereocenters. The maximum absolute atomic E-state index is 6.04. The topological polar surface area (TPSA) is 12.0 Å². The molecule has 3 rings (SSSR count). The van der Waals surface area contributed by atoms with E-state index < -0.39 is 0 Å². The van der Waals surface area contributed by atoms with Crippen molar-refractivity contribution < 1.29 is 0 Å². The highest BCUT2D eigenvalue weighted by atomic mass is 35.5. The van der Waals surface area contributed by atoms with Crippen molar-refractivity contribution in [3.05, 3.63) is 20.8 Å². The highest BCUT2D eigenvalue weighted by Crippen LogP contribution is 2.39. The van der Waals surface area contributed by atoms with Gasteiger partial charge in [-0.05, 0) is 49.8 Å². The monoisotopic (exact) mass is 241 g/mol. The minimum atomic E-state index is 0.587. The zero-order valence-electron chi connectivity index (χ0n) is 8.76. The number of nitrogens with one attached hydrogen (secondary N) is 1. The van der Waals surface area contributed by atoms with Crippen molar-refractivity contribution in [3.63, 3.8) is 0 Å². The van der Waals surface area contributed by atoms with Crippen molar-refractivity contribution >= 4 is 22.9 Å². The van der Waals surface area contributed by atoms with Gasteiger partial charge >= 0.3 is 0 Å². The summed E-state index contributed by atoms with van der Waals surface area (Å²) in [6.07, 6.45) is 6.78. The van der Waals surface area contributed by atoms with Crippen LogP contribution in [0.4, 0.5) is 0 Å². The van der Waals surface area contributed by atoms with E-state index >= 15 is 0 Å². The first-order valence-electron chi connectivity index (χ1n) is 5.84. The molecule has 0 spiro atoms. The van der Waals surface area contributed by atoms with Crippen LogP contribution < -0.4 is 5.32 Å². The van der Waals surface area contributed by atoms with Gasteiger partial charge in [0.1, 0.15) is 0 Å². The average Bonchev–Trinajstić information content (AvgIpc) is 2.63. The molecule has 0 saturated heterocycles. The smallest absolute Gasteiger partial charge is 0.0934 e. The van der Waals surface area contributed by atoms with Crippen molar-refractivity contribution in [1.82, 2.24) is 5.32 Å². The van der Waals surface area contributed by atoms with Gasteiger partial charge in [0, 0.05) is 10.9 Å². The van der Waals surface area contributed by atoms with Crippen molar-refractivity contribution in [2.45, 2.75) is 38.1 Å². The molecule has 1 saturated carbocycles. The highest BCUT2D eigenvalue weighted by Gasteiger charge is 2.26. The molecular weight excluding hydrogens is 226 g/mol. The van der Waals surface area contributed by atoms with Crippen molar-refractivity contribution in [2.75, 3.05) is 6.54 Å². The quantitative estimate of drug-likeness (QED) is 0.849. The maximum atomic E-state index is 6.04. The fourth-order valence-electron chi connectivity index (χ4n) is 2.55. The number of halogens is 1. The van der Waals surface area contributed by atoms with E-state index in [9.17, 15) is 0 Å². The Balaban J connectivity index is 1.62. The van der Waals surface area contributed by atoms with Gasteiger partial charge in [-0.3, -0.25) is 0 Å². The van der Waals surface area contributed by atoms with Gasteiger partial charge in [-0.15, -0.1) is 11.3 Å². The summed E-state index contributed by atoms with van der Waals surface area (Å²) in [6.45, 7) is 1.21. The van der Waals surface area contributed by atoms with E-state index in [0.29, 0.717) is 6.04 Å². The molecule has 1 N–H and O–H groups in total. The van der Waals surface area contributed by atoms with E-state index in [1.807, 2.05) is 0 Å². The molecule has 1 nitrogen and oxygen atoms in total. The van der Waals surface area contributed by atoms with Gasteiger partial charge in [0.25, 0.3) is 0 Å². The Bertz CT molecular complexity index is 357. The SMILES string of the molecule is Clc1cc2c(s1)CCC2NCC1CCC1. The van der Waals surface area contributed by atoms with Gasteiger partial charge < -0.3 is 5.32 Å². The van der Waals surface area contributed by atoms with Crippen LogP contribution in [0.5, 0.6) is 0 Å². The molecule has 0 aromatic carbocycles. The fraction of sp³-hybridized carbons (Fsp3) is 0.667. The van der Waals surface area contributed by atoms with E-state index in [-0.39, 0.29) is 0 Å². The molecule has 3 heteroatoms. The van der Waals surface area contributed by atoms with Crippen LogP contribution in [0.1, 0.15) is 42.2 Å². The molecular formula is C12H16ClNS. The van der Waals surface area contributed by atoms with Crippen LogP contribution in [0.3, 0.4) is 0 Å². The van der Waals surface area contributed by atoms with Gasteiger partial charge in [-0.1, -0.05) is 18.0 Å². The molecule has 1 unspecified atom stereocenters. The lowest BCUT2D eigenvalue weighted by Gasteiger charge is -2.27.